The number of aliphatic hydroxyl groups is 8. The molecule has 0 aliphatic carbocycles. The number of amides is 1. The van der Waals surface area contributed by atoms with Gasteiger partial charge in [0.15, 0.2) is 12.6 Å². The summed E-state index contributed by atoms with van der Waals surface area (Å²) in [6.45, 7) is 2.77. The van der Waals surface area contributed by atoms with Crippen LogP contribution < -0.4 is 5.32 Å². The Labute approximate surface area is 519 Å². The maximum Gasteiger partial charge on any atom is 0.220 e. The van der Waals surface area contributed by atoms with E-state index in [2.05, 4.69) is 43.5 Å². The summed E-state index contributed by atoms with van der Waals surface area (Å²) in [5, 5.41) is 87.1. The van der Waals surface area contributed by atoms with Gasteiger partial charge in [-0.3, -0.25) is 4.79 Å². The second-order valence-corrected chi connectivity index (χ2v) is 25.4. The average molecular weight is 1210 g/mol. The second kappa shape index (κ2) is 56.2. The Bertz CT molecular complexity index is 1560. The van der Waals surface area contributed by atoms with E-state index in [9.17, 15) is 45.6 Å². The van der Waals surface area contributed by atoms with Crippen molar-refractivity contribution in [1.82, 2.24) is 5.32 Å². The summed E-state index contributed by atoms with van der Waals surface area (Å²) in [4.78, 5) is 13.3. The molecule has 2 rings (SSSR count). The minimum Gasteiger partial charge on any atom is -0.394 e. The number of carbonyl (C=O) groups excluding carboxylic acids is 1. The minimum absolute atomic E-state index is 0.249. The fourth-order valence-electron chi connectivity index (χ4n) is 11.9. The van der Waals surface area contributed by atoms with Gasteiger partial charge in [0.1, 0.15) is 48.8 Å². The Morgan fingerprint density at radius 3 is 1.15 bits per heavy atom. The van der Waals surface area contributed by atoms with Crippen molar-refractivity contribution < 1.29 is 64.6 Å². The second-order valence-electron chi connectivity index (χ2n) is 25.4. The van der Waals surface area contributed by atoms with E-state index in [1.54, 1.807) is 6.08 Å². The molecule has 0 aromatic heterocycles. The number of hydrogen-bond donors (Lipinski definition) is 9. The number of aliphatic hydroxyl groups excluding tert-OH is 8. The maximum absolute atomic E-state index is 13.3. The molecule has 0 saturated carbocycles. The fourth-order valence-corrected chi connectivity index (χ4v) is 11.9. The van der Waals surface area contributed by atoms with Gasteiger partial charge in [0, 0.05) is 6.42 Å². The van der Waals surface area contributed by atoms with Crippen LogP contribution >= 0.6 is 0 Å². The van der Waals surface area contributed by atoms with Gasteiger partial charge < -0.3 is 65.1 Å². The van der Waals surface area contributed by atoms with Gasteiger partial charge in [0.05, 0.1) is 32.0 Å². The molecule has 0 spiro atoms. The van der Waals surface area contributed by atoms with Gasteiger partial charge in [-0.2, -0.15) is 0 Å². The number of hydrogen-bond acceptors (Lipinski definition) is 13. The van der Waals surface area contributed by atoms with Crippen LogP contribution in [0.1, 0.15) is 316 Å². The molecule has 14 heteroatoms. The Morgan fingerprint density at radius 2 is 0.753 bits per heavy atom. The molecule has 2 saturated heterocycles. The zero-order valence-electron chi connectivity index (χ0n) is 54.4. The molecule has 2 fully saturated rings. The van der Waals surface area contributed by atoms with Crippen molar-refractivity contribution in [3.63, 3.8) is 0 Å². The van der Waals surface area contributed by atoms with Crippen LogP contribution in [-0.4, -0.2) is 140 Å². The van der Waals surface area contributed by atoms with Gasteiger partial charge >= 0.3 is 0 Å². The highest BCUT2D eigenvalue weighted by Crippen LogP contribution is 2.30. The molecule has 2 heterocycles. The molecular weight excluding hydrogens is 1070 g/mol. The molecule has 0 aromatic carbocycles. The number of ether oxygens (including phenoxy) is 4. The van der Waals surface area contributed by atoms with Crippen molar-refractivity contribution in [2.75, 3.05) is 19.8 Å². The van der Waals surface area contributed by atoms with Crippen molar-refractivity contribution in [2.45, 2.75) is 389 Å². The van der Waals surface area contributed by atoms with Crippen LogP contribution in [-0.2, 0) is 23.7 Å². The van der Waals surface area contributed by atoms with E-state index in [4.69, 9.17) is 18.9 Å². The first-order chi connectivity index (χ1) is 41.6. The fraction of sp³-hybridized carbons (Fsp3) is 0.901. The molecule has 12 unspecified atom stereocenters. The Hall–Kier alpha value is -1.79. The molecule has 2 aliphatic rings. The van der Waals surface area contributed by atoms with Crippen LogP contribution in [0, 0.1) is 0 Å². The lowest BCUT2D eigenvalue weighted by Crippen LogP contribution is -2.65. The van der Waals surface area contributed by atoms with Crippen LogP contribution in [0.5, 0.6) is 0 Å². The van der Waals surface area contributed by atoms with Gasteiger partial charge in [-0.15, -0.1) is 0 Å². The smallest absolute Gasteiger partial charge is 0.220 e. The molecule has 500 valence electrons. The van der Waals surface area contributed by atoms with Crippen molar-refractivity contribution >= 4 is 5.91 Å². The molecule has 0 aromatic rings. The zero-order chi connectivity index (χ0) is 61.6. The Balaban J connectivity index is 1.55. The first-order valence-corrected chi connectivity index (χ1v) is 35.7. The molecule has 85 heavy (non-hydrogen) atoms. The highest BCUT2D eigenvalue weighted by atomic mass is 16.7. The largest absolute Gasteiger partial charge is 0.394 e. The van der Waals surface area contributed by atoms with Crippen molar-refractivity contribution in [2.24, 2.45) is 0 Å². The van der Waals surface area contributed by atoms with Gasteiger partial charge in [-0.25, -0.2) is 0 Å². The van der Waals surface area contributed by atoms with Crippen LogP contribution in [0.15, 0.2) is 36.5 Å². The zero-order valence-corrected chi connectivity index (χ0v) is 54.4. The van der Waals surface area contributed by atoms with Crippen molar-refractivity contribution in [3.8, 4) is 0 Å². The van der Waals surface area contributed by atoms with Crippen LogP contribution in [0.4, 0.5) is 0 Å². The topological polar surface area (TPSA) is 228 Å². The van der Waals surface area contributed by atoms with Crippen molar-refractivity contribution in [1.29, 1.82) is 0 Å². The van der Waals surface area contributed by atoms with Crippen LogP contribution in [0.3, 0.4) is 0 Å². The predicted octanol–water partition coefficient (Wildman–Crippen LogP) is 14.5. The third-order valence-electron chi connectivity index (χ3n) is 17.6. The van der Waals surface area contributed by atoms with E-state index in [0.717, 1.165) is 44.9 Å². The number of rotatable bonds is 59. The third-order valence-corrected chi connectivity index (χ3v) is 17.6. The summed E-state index contributed by atoms with van der Waals surface area (Å²) in [6.07, 6.45) is 55.4. The van der Waals surface area contributed by atoms with Gasteiger partial charge in [-0.1, -0.05) is 301 Å². The minimum atomic E-state index is -1.79. The van der Waals surface area contributed by atoms with Crippen LogP contribution in [0.2, 0.25) is 0 Å². The normalized spacial score (nSPS) is 23.7. The highest BCUT2D eigenvalue weighted by Gasteiger charge is 2.51. The Morgan fingerprint density at radius 1 is 0.412 bits per heavy atom. The van der Waals surface area contributed by atoms with Crippen molar-refractivity contribution in [3.05, 3.63) is 36.5 Å². The standard InChI is InChI=1S/C71H133NO13/c1-3-5-7-9-11-13-15-17-18-19-20-21-22-23-24-25-26-27-28-29-30-31-32-33-34-35-36-37-38-39-40-41-43-45-47-49-51-53-55-63(76)72-59(60(75)54-52-50-48-46-44-42-16-14-12-10-8-6-4-2)58-82-70-68(81)66(79)69(62(57-74)84-70)85-71-67(80)65(78)64(77)61(56-73)83-71/h12,14,44,46,52,54,59-62,64-71,73-75,77-81H,3-11,13,15-43,45,47-51,53,55-58H2,1-2H3,(H,72,76)/b14-12+,46-44+,54-52+. The molecular formula is C71H133NO13. The number of carbonyl (C=O) groups is 1. The molecule has 0 radical (unpaired) electrons. The number of unbranched alkanes of at least 4 members (excludes halogenated alkanes) is 42. The van der Waals surface area contributed by atoms with E-state index in [-0.39, 0.29) is 18.9 Å². The lowest BCUT2D eigenvalue weighted by Gasteiger charge is -2.46. The van der Waals surface area contributed by atoms with E-state index in [1.807, 2.05) is 6.08 Å². The lowest BCUT2D eigenvalue weighted by atomic mass is 9.97. The average Bonchev–Trinajstić information content (AvgIpc) is 3.61. The predicted molar refractivity (Wildman–Crippen MR) is 346 cm³/mol. The van der Waals surface area contributed by atoms with E-state index < -0.39 is 86.8 Å². The summed E-state index contributed by atoms with van der Waals surface area (Å²) in [6, 6.07) is -0.935. The number of nitrogens with one attached hydrogen (secondary N) is 1. The molecule has 9 N–H and O–H groups in total. The summed E-state index contributed by atoms with van der Waals surface area (Å²) >= 11 is 0. The molecule has 12 atom stereocenters. The van der Waals surface area contributed by atoms with Crippen LogP contribution in [0.25, 0.3) is 0 Å². The van der Waals surface area contributed by atoms with Gasteiger partial charge in [-0.05, 0) is 44.9 Å². The summed E-state index contributed by atoms with van der Waals surface area (Å²) in [5.74, 6) is -0.249. The highest BCUT2D eigenvalue weighted by molar-refractivity contribution is 5.76. The monoisotopic (exact) mass is 1210 g/mol. The van der Waals surface area contributed by atoms with E-state index in [1.165, 1.54) is 238 Å². The summed E-state index contributed by atoms with van der Waals surface area (Å²) in [7, 11) is 0. The lowest BCUT2D eigenvalue weighted by molar-refractivity contribution is -0.359. The third kappa shape index (κ3) is 40.5. The molecule has 1 amide bonds. The summed E-state index contributed by atoms with van der Waals surface area (Å²) in [5.41, 5.74) is 0. The maximum atomic E-state index is 13.3. The quantitative estimate of drug-likeness (QED) is 0.0204. The van der Waals surface area contributed by atoms with Gasteiger partial charge in [0.25, 0.3) is 0 Å². The summed E-state index contributed by atoms with van der Waals surface area (Å²) < 4.78 is 22.8. The first-order valence-electron chi connectivity index (χ1n) is 35.7. The molecule has 2 aliphatic heterocycles. The van der Waals surface area contributed by atoms with E-state index in [0.29, 0.717) is 12.8 Å². The van der Waals surface area contributed by atoms with Gasteiger partial charge in [0.2, 0.25) is 5.91 Å². The molecule has 14 nitrogen and oxygen atoms in total. The Kier molecular flexibility index (Phi) is 52.4. The first kappa shape index (κ1) is 79.3. The SMILES string of the molecule is CCCCC/C=C/CC/C=C/CC/C=C/C(O)C(COC1OC(CO)C(OC2OC(CO)C(O)C(O)C2O)C(O)C1O)NC(=O)CCCCCCCCCCCCCCCCCCCCCCCCCCCCCCCCCCCCCCCC. The number of allylic oxidation sites excluding steroid dienone is 5. The molecule has 0 bridgehead atoms. The van der Waals surface area contributed by atoms with E-state index >= 15 is 0 Å².